The van der Waals surface area contributed by atoms with Crippen molar-refractivity contribution < 1.29 is 4.79 Å². The molecule has 2 N–H and O–H groups in total. The summed E-state index contributed by atoms with van der Waals surface area (Å²) in [6.07, 6.45) is 0.986. The lowest BCUT2D eigenvalue weighted by atomic mass is 9.89. The first-order valence-corrected chi connectivity index (χ1v) is 7.59. The van der Waals surface area contributed by atoms with Crippen LogP contribution in [-0.4, -0.2) is 32.7 Å². The zero-order valence-electron chi connectivity index (χ0n) is 13.5. The predicted molar refractivity (Wildman–Crippen MR) is 87.5 cm³/mol. The highest BCUT2D eigenvalue weighted by atomic mass is 16.1. The maximum Gasteiger partial charge on any atom is 0.221 e. The predicted octanol–water partition coefficient (Wildman–Crippen LogP) is 1.68. The molecular weight excluding hydrogens is 292 g/mol. The fourth-order valence-corrected chi connectivity index (χ4v) is 2.87. The summed E-state index contributed by atoms with van der Waals surface area (Å²) in [5.74, 6) is 0.599. The highest BCUT2D eigenvalue weighted by Gasteiger charge is 2.27. The van der Waals surface area contributed by atoms with Crippen LogP contribution < -0.4 is 10.6 Å². The maximum atomic E-state index is 11.1. The Balaban J connectivity index is 1.95. The van der Waals surface area contributed by atoms with Gasteiger partial charge in [0.25, 0.3) is 0 Å². The number of aryl methyl sites for hydroxylation is 1. The smallest absolute Gasteiger partial charge is 0.221 e. The van der Waals surface area contributed by atoms with Gasteiger partial charge in [0.15, 0.2) is 5.82 Å². The summed E-state index contributed by atoms with van der Waals surface area (Å²) in [6, 6.07) is 7.78. The summed E-state index contributed by atoms with van der Waals surface area (Å²) < 4.78 is 0. The van der Waals surface area contributed by atoms with Crippen molar-refractivity contribution in [2.45, 2.75) is 26.3 Å². The van der Waals surface area contributed by atoms with E-state index in [4.69, 9.17) is 0 Å². The number of benzene rings is 1. The lowest BCUT2D eigenvalue weighted by molar-refractivity contribution is -0.114. The van der Waals surface area contributed by atoms with Crippen molar-refractivity contribution in [1.82, 2.24) is 25.5 Å². The highest BCUT2D eigenvalue weighted by Crippen LogP contribution is 2.35. The third-order valence-electron chi connectivity index (χ3n) is 3.90. The Morgan fingerprint density at radius 3 is 2.70 bits per heavy atom. The molecule has 2 aromatic rings. The summed E-state index contributed by atoms with van der Waals surface area (Å²) >= 11 is 0. The van der Waals surface area contributed by atoms with Crippen molar-refractivity contribution in [3.05, 3.63) is 41.2 Å². The number of tetrazole rings is 1. The fraction of sp³-hybridized carbons (Fsp3) is 0.375. The van der Waals surface area contributed by atoms with E-state index in [0.717, 1.165) is 24.2 Å². The number of carbonyl (C=O) groups is 1. The number of nitrogens with zero attached hydrogens (tertiary/aromatic N) is 4. The first-order chi connectivity index (χ1) is 11.0. The van der Waals surface area contributed by atoms with Gasteiger partial charge in [0, 0.05) is 12.6 Å². The molecule has 7 nitrogen and oxygen atoms in total. The van der Waals surface area contributed by atoms with Crippen LogP contribution in [0.2, 0.25) is 0 Å². The molecule has 0 fully saturated rings. The number of amides is 1. The van der Waals surface area contributed by atoms with Gasteiger partial charge in [-0.2, -0.15) is 4.80 Å². The van der Waals surface area contributed by atoms with Crippen molar-refractivity contribution in [2.75, 3.05) is 11.9 Å². The van der Waals surface area contributed by atoms with E-state index in [9.17, 15) is 4.79 Å². The van der Waals surface area contributed by atoms with Gasteiger partial charge in [0.1, 0.15) is 0 Å². The Morgan fingerprint density at radius 2 is 2.09 bits per heavy atom. The van der Waals surface area contributed by atoms with Crippen molar-refractivity contribution in [3.63, 3.8) is 0 Å². The molecule has 120 valence electrons. The average molecular weight is 312 g/mol. The Kier molecular flexibility index (Phi) is 4.20. The molecule has 1 aromatic heterocycles. The van der Waals surface area contributed by atoms with E-state index in [1.807, 2.05) is 24.3 Å². The number of aromatic nitrogens is 4. The second-order valence-electron chi connectivity index (χ2n) is 5.73. The van der Waals surface area contributed by atoms with Gasteiger partial charge in [-0.15, -0.1) is 10.2 Å². The van der Waals surface area contributed by atoms with Crippen LogP contribution in [0.4, 0.5) is 5.69 Å². The quantitative estimate of drug-likeness (QED) is 0.900. The minimum Gasteiger partial charge on any atom is -0.326 e. The van der Waals surface area contributed by atoms with Gasteiger partial charge in [-0.25, -0.2) is 0 Å². The summed E-state index contributed by atoms with van der Waals surface area (Å²) in [4.78, 5) is 12.6. The van der Waals surface area contributed by atoms with Crippen molar-refractivity contribution >= 4 is 17.2 Å². The van der Waals surface area contributed by atoms with Crippen molar-refractivity contribution in [3.8, 4) is 0 Å². The molecule has 0 bridgehead atoms. The van der Waals surface area contributed by atoms with E-state index in [0.29, 0.717) is 5.82 Å². The molecule has 1 atom stereocenters. The molecule has 2 heterocycles. The van der Waals surface area contributed by atoms with Gasteiger partial charge in [-0.1, -0.05) is 17.7 Å². The van der Waals surface area contributed by atoms with Crippen LogP contribution in [0.25, 0.3) is 5.57 Å². The van der Waals surface area contributed by atoms with E-state index >= 15 is 0 Å². The molecular formula is C16H20N6O. The summed E-state index contributed by atoms with van der Waals surface area (Å²) in [5.41, 5.74) is 4.38. The van der Waals surface area contributed by atoms with Crippen LogP contribution in [0.1, 0.15) is 37.7 Å². The van der Waals surface area contributed by atoms with Crippen LogP contribution >= 0.6 is 0 Å². The number of anilines is 1. The molecule has 1 unspecified atom stereocenters. The van der Waals surface area contributed by atoms with Gasteiger partial charge in [-0.05, 0) is 48.4 Å². The largest absolute Gasteiger partial charge is 0.326 e. The molecule has 0 saturated carbocycles. The first kappa shape index (κ1) is 15.4. The SMILES string of the molecule is CC(=O)Nc1ccc(C2=C(C)CCNC2c2nnn(C)n2)cc1. The summed E-state index contributed by atoms with van der Waals surface area (Å²) in [6.45, 7) is 4.53. The fourth-order valence-electron chi connectivity index (χ4n) is 2.87. The Morgan fingerprint density at radius 1 is 1.35 bits per heavy atom. The third-order valence-corrected chi connectivity index (χ3v) is 3.90. The normalized spacial score (nSPS) is 18.1. The molecule has 3 rings (SSSR count). The molecule has 0 radical (unpaired) electrons. The standard InChI is InChI=1S/C16H20N6O/c1-10-8-9-17-15(16-19-21-22(3)20-16)14(10)12-4-6-13(7-5-12)18-11(2)23/h4-7,15,17H,8-9H2,1-3H3,(H,18,23). The molecule has 1 aliphatic rings. The van der Waals surface area contributed by atoms with E-state index in [1.54, 1.807) is 7.05 Å². The molecule has 1 aromatic carbocycles. The zero-order chi connectivity index (χ0) is 16.4. The van der Waals surface area contributed by atoms with Crippen LogP contribution in [0.15, 0.2) is 29.8 Å². The minimum atomic E-state index is -0.0749. The molecule has 7 heteroatoms. The lowest BCUT2D eigenvalue weighted by Crippen LogP contribution is -2.29. The van der Waals surface area contributed by atoms with E-state index in [2.05, 4.69) is 33.0 Å². The molecule has 0 aliphatic carbocycles. The zero-order valence-corrected chi connectivity index (χ0v) is 13.5. The van der Waals surface area contributed by atoms with Gasteiger partial charge in [-0.3, -0.25) is 4.79 Å². The number of rotatable bonds is 3. The molecule has 0 spiro atoms. The van der Waals surface area contributed by atoms with Crippen LogP contribution in [0.5, 0.6) is 0 Å². The van der Waals surface area contributed by atoms with Gasteiger partial charge in [0.05, 0.1) is 13.1 Å². The number of nitrogens with one attached hydrogen (secondary N) is 2. The van der Waals surface area contributed by atoms with E-state index in [1.165, 1.54) is 22.9 Å². The van der Waals surface area contributed by atoms with Gasteiger partial charge >= 0.3 is 0 Å². The van der Waals surface area contributed by atoms with Crippen LogP contribution in [-0.2, 0) is 11.8 Å². The minimum absolute atomic E-state index is 0.0657. The van der Waals surface area contributed by atoms with Crippen molar-refractivity contribution in [2.24, 2.45) is 7.05 Å². The third kappa shape index (κ3) is 3.29. The van der Waals surface area contributed by atoms with Crippen LogP contribution in [0.3, 0.4) is 0 Å². The van der Waals surface area contributed by atoms with E-state index in [-0.39, 0.29) is 11.9 Å². The Hall–Kier alpha value is -2.54. The second-order valence-corrected chi connectivity index (χ2v) is 5.73. The monoisotopic (exact) mass is 312 g/mol. The van der Waals surface area contributed by atoms with Gasteiger partial charge < -0.3 is 10.6 Å². The Bertz CT molecular complexity index is 746. The van der Waals surface area contributed by atoms with Crippen LogP contribution in [0, 0.1) is 0 Å². The number of carbonyl (C=O) groups excluding carboxylic acids is 1. The molecule has 23 heavy (non-hydrogen) atoms. The van der Waals surface area contributed by atoms with E-state index < -0.39 is 0 Å². The number of hydrogen-bond acceptors (Lipinski definition) is 5. The highest BCUT2D eigenvalue weighted by molar-refractivity contribution is 5.89. The first-order valence-electron chi connectivity index (χ1n) is 7.59. The summed E-state index contributed by atoms with van der Waals surface area (Å²) in [5, 5.41) is 18.7. The second kappa shape index (κ2) is 6.29. The maximum absolute atomic E-state index is 11.1. The van der Waals surface area contributed by atoms with Gasteiger partial charge in [0.2, 0.25) is 5.91 Å². The lowest BCUT2D eigenvalue weighted by Gasteiger charge is -2.27. The average Bonchev–Trinajstić information content (AvgIpc) is 2.94. The Labute approximate surface area is 134 Å². The summed E-state index contributed by atoms with van der Waals surface area (Å²) in [7, 11) is 1.76. The molecule has 0 saturated heterocycles. The topological polar surface area (TPSA) is 84.7 Å². The molecule has 1 aliphatic heterocycles. The van der Waals surface area contributed by atoms with Crippen molar-refractivity contribution in [1.29, 1.82) is 0 Å². The number of hydrogen-bond donors (Lipinski definition) is 2. The molecule has 1 amide bonds.